The third-order valence-corrected chi connectivity index (χ3v) is 13.4. The molecule has 2 bridgehead atoms. The zero-order valence-electron chi connectivity index (χ0n) is 20.0. The van der Waals surface area contributed by atoms with Gasteiger partial charge in [0, 0.05) is 12.3 Å². The predicted molar refractivity (Wildman–Crippen MR) is 124 cm³/mol. The third-order valence-electron chi connectivity index (χ3n) is 7.35. The van der Waals surface area contributed by atoms with Crippen molar-refractivity contribution in [2.24, 2.45) is 5.92 Å². The van der Waals surface area contributed by atoms with Gasteiger partial charge in [-0.25, -0.2) is 0 Å². The van der Waals surface area contributed by atoms with Gasteiger partial charge < -0.3 is 18.6 Å². The Morgan fingerprint density at radius 1 is 0.867 bits per heavy atom. The SMILES string of the molecule is CC1C2C[C@H](O[C@H]1CO[Si](C(C)C)(C(C)C)C(C)C)C(COCc1ccccc1)O2. The molecule has 5 atom stereocenters. The fraction of sp³-hybridized carbons (Fsp3) is 0.760. The highest BCUT2D eigenvalue weighted by atomic mass is 28.4. The molecular weight excluding hydrogens is 392 g/mol. The predicted octanol–water partition coefficient (Wildman–Crippen LogP) is 5.96. The van der Waals surface area contributed by atoms with Gasteiger partial charge in [0.05, 0.1) is 38.1 Å². The van der Waals surface area contributed by atoms with Crippen molar-refractivity contribution in [2.75, 3.05) is 13.2 Å². The molecule has 0 amide bonds. The zero-order chi connectivity index (χ0) is 21.9. The van der Waals surface area contributed by atoms with Gasteiger partial charge >= 0.3 is 0 Å². The number of rotatable bonds is 10. The van der Waals surface area contributed by atoms with Gasteiger partial charge in [0.2, 0.25) is 0 Å². The van der Waals surface area contributed by atoms with Crippen LogP contribution in [0.2, 0.25) is 16.6 Å². The van der Waals surface area contributed by atoms with Crippen molar-refractivity contribution >= 4 is 8.32 Å². The topological polar surface area (TPSA) is 36.9 Å². The second kappa shape index (κ2) is 10.3. The van der Waals surface area contributed by atoms with Gasteiger partial charge in [-0.15, -0.1) is 0 Å². The first kappa shape index (κ1) is 23.9. The van der Waals surface area contributed by atoms with Crippen molar-refractivity contribution < 1.29 is 18.6 Å². The Morgan fingerprint density at radius 2 is 1.47 bits per heavy atom. The maximum absolute atomic E-state index is 6.85. The monoisotopic (exact) mass is 434 g/mol. The molecule has 2 heterocycles. The summed E-state index contributed by atoms with van der Waals surface area (Å²) in [5.74, 6) is 0.346. The summed E-state index contributed by atoms with van der Waals surface area (Å²) in [4.78, 5) is 0. The van der Waals surface area contributed by atoms with E-state index in [-0.39, 0.29) is 24.4 Å². The molecule has 5 heteroatoms. The van der Waals surface area contributed by atoms with Crippen molar-refractivity contribution in [2.45, 2.75) is 103 Å². The quantitative estimate of drug-likeness (QED) is 0.426. The van der Waals surface area contributed by atoms with E-state index >= 15 is 0 Å². The van der Waals surface area contributed by atoms with Gasteiger partial charge in [-0.05, 0) is 22.2 Å². The summed E-state index contributed by atoms with van der Waals surface area (Å²) in [7, 11) is -1.89. The molecular formula is C25H42O4Si. The van der Waals surface area contributed by atoms with Crippen molar-refractivity contribution in [3.63, 3.8) is 0 Å². The maximum atomic E-state index is 6.85. The van der Waals surface area contributed by atoms with Crippen LogP contribution in [-0.2, 0) is 25.2 Å². The lowest BCUT2D eigenvalue weighted by Gasteiger charge is -2.44. The summed E-state index contributed by atoms with van der Waals surface area (Å²) in [5, 5.41) is 0. The van der Waals surface area contributed by atoms with E-state index in [9.17, 15) is 0 Å². The lowest BCUT2D eigenvalue weighted by Crippen LogP contribution is -2.51. The first-order valence-corrected chi connectivity index (χ1v) is 14.0. The van der Waals surface area contributed by atoms with Gasteiger partial charge in [0.1, 0.15) is 6.10 Å². The number of ether oxygens (including phenoxy) is 3. The van der Waals surface area contributed by atoms with Crippen LogP contribution < -0.4 is 0 Å². The standard InChI is InChI=1S/C25H42O4Si/c1-17(2)30(18(3)4,19(5)6)27-16-24-20(7)22-13-23(29-24)25(28-22)15-26-14-21-11-9-8-10-12-21/h8-12,17-20,22-25H,13-16H2,1-7H3/t20?,22?,23-,24-,25?/m0/s1. The minimum Gasteiger partial charge on any atom is -0.413 e. The van der Waals surface area contributed by atoms with E-state index in [2.05, 4.69) is 60.6 Å². The minimum absolute atomic E-state index is 0.0217. The number of fused-ring (bicyclic) bond motifs is 2. The Labute approximate surface area is 184 Å². The highest BCUT2D eigenvalue weighted by molar-refractivity contribution is 6.77. The molecule has 2 fully saturated rings. The summed E-state index contributed by atoms with van der Waals surface area (Å²) in [6.07, 6.45) is 1.46. The van der Waals surface area contributed by atoms with Gasteiger partial charge in [-0.2, -0.15) is 0 Å². The van der Waals surface area contributed by atoms with Gasteiger partial charge in [-0.3, -0.25) is 0 Å². The molecule has 0 aliphatic carbocycles. The van der Waals surface area contributed by atoms with Crippen LogP contribution in [0.15, 0.2) is 30.3 Å². The fourth-order valence-electron chi connectivity index (χ4n) is 5.75. The number of hydrogen-bond donors (Lipinski definition) is 0. The van der Waals surface area contributed by atoms with Crippen molar-refractivity contribution in [3.05, 3.63) is 35.9 Å². The summed E-state index contributed by atoms with van der Waals surface area (Å²) in [6.45, 7) is 18.2. The van der Waals surface area contributed by atoms with Crippen LogP contribution in [0.25, 0.3) is 0 Å². The zero-order valence-corrected chi connectivity index (χ0v) is 21.0. The molecule has 2 saturated heterocycles. The van der Waals surface area contributed by atoms with Gasteiger partial charge in [0.25, 0.3) is 0 Å². The molecule has 4 nitrogen and oxygen atoms in total. The van der Waals surface area contributed by atoms with Crippen LogP contribution in [0.5, 0.6) is 0 Å². The third kappa shape index (κ3) is 5.02. The van der Waals surface area contributed by atoms with Crippen molar-refractivity contribution in [1.82, 2.24) is 0 Å². The first-order chi connectivity index (χ1) is 14.3. The van der Waals surface area contributed by atoms with Crippen LogP contribution in [0.1, 0.15) is 60.5 Å². The van der Waals surface area contributed by atoms with Crippen molar-refractivity contribution in [3.8, 4) is 0 Å². The smallest absolute Gasteiger partial charge is 0.200 e. The van der Waals surface area contributed by atoms with E-state index in [0.29, 0.717) is 42.4 Å². The molecule has 2 aliphatic rings. The molecule has 170 valence electrons. The normalized spacial score (nSPS) is 29.3. The lowest BCUT2D eigenvalue weighted by atomic mass is 9.92. The molecule has 1 aromatic carbocycles. The van der Waals surface area contributed by atoms with Crippen LogP contribution in [0, 0.1) is 5.92 Å². The average molecular weight is 435 g/mol. The molecule has 30 heavy (non-hydrogen) atoms. The summed E-state index contributed by atoms with van der Waals surface area (Å²) >= 11 is 0. The van der Waals surface area contributed by atoms with Crippen LogP contribution in [0.4, 0.5) is 0 Å². The van der Waals surface area contributed by atoms with E-state index in [1.54, 1.807) is 0 Å². The van der Waals surface area contributed by atoms with Crippen molar-refractivity contribution in [1.29, 1.82) is 0 Å². The highest BCUT2D eigenvalue weighted by Gasteiger charge is 2.50. The maximum Gasteiger partial charge on any atom is 0.200 e. The summed E-state index contributed by atoms with van der Waals surface area (Å²) in [5.41, 5.74) is 2.95. The summed E-state index contributed by atoms with van der Waals surface area (Å²) in [6, 6.07) is 10.3. The molecule has 0 radical (unpaired) electrons. The van der Waals surface area contributed by atoms with Gasteiger partial charge in [0.15, 0.2) is 8.32 Å². The van der Waals surface area contributed by atoms with E-state index in [1.807, 2.05) is 18.2 Å². The van der Waals surface area contributed by atoms with Crippen LogP contribution >= 0.6 is 0 Å². The molecule has 1 aromatic rings. The Balaban J connectivity index is 1.56. The average Bonchev–Trinajstić information content (AvgIpc) is 3.04. The van der Waals surface area contributed by atoms with E-state index in [0.717, 1.165) is 6.42 Å². The number of hydrogen-bond acceptors (Lipinski definition) is 4. The highest BCUT2D eigenvalue weighted by Crippen LogP contribution is 2.44. The Bertz CT molecular complexity index is 626. The molecule has 0 aromatic heterocycles. The number of benzene rings is 1. The molecule has 0 saturated carbocycles. The van der Waals surface area contributed by atoms with Crippen LogP contribution in [0.3, 0.4) is 0 Å². The minimum atomic E-state index is -1.89. The molecule has 0 spiro atoms. The van der Waals surface area contributed by atoms with E-state index in [4.69, 9.17) is 18.6 Å². The molecule has 0 N–H and O–H groups in total. The Morgan fingerprint density at radius 3 is 2.07 bits per heavy atom. The lowest BCUT2D eigenvalue weighted by molar-refractivity contribution is -0.0923. The second-order valence-corrected chi connectivity index (χ2v) is 15.6. The van der Waals surface area contributed by atoms with E-state index < -0.39 is 8.32 Å². The molecule has 2 aliphatic heterocycles. The largest absolute Gasteiger partial charge is 0.413 e. The second-order valence-electron chi connectivity index (χ2n) is 10.2. The molecule has 3 unspecified atom stereocenters. The van der Waals surface area contributed by atoms with E-state index in [1.165, 1.54) is 5.56 Å². The Hall–Kier alpha value is -0.723. The first-order valence-electron chi connectivity index (χ1n) is 11.8. The Kier molecular flexibility index (Phi) is 8.19. The van der Waals surface area contributed by atoms with Gasteiger partial charge in [-0.1, -0.05) is 78.8 Å². The fourth-order valence-corrected chi connectivity index (χ4v) is 11.2. The van der Waals surface area contributed by atoms with Crippen LogP contribution in [-0.4, -0.2) is 45.9 Å². The summed E-state index contributed by atoms with van der Waals surface area (Å²) < 4.78 is 25.7. The molecule has 3 rings (SSSR count).